The van der Waals surface area contributed by atoms with E-state index in [1.54, 1.807) is 6.20 Å². The van der Waals surface area contributed by atoms with Crippen molar-refractivity contribution in [3.63, 3.8) is 0 Å². The van der Waals surface area contributed by atoms with Gasteiger partial charge in [0.05, 0.1) is 17.9 Å². The maximum atomic E-state index is 13.0. The van der Waals surface area contributed by atoms with Crippen LogP contribution in [0.15, 0.2) is 42.6 Å². The zero-order chi connectivity index (χ0) is 15.8. The fraction of sp³-hybridized carbons (Fsp3) is 0.368. The lowest BCUT2D eigenvalue weighted by Crippen LogP contribution is -2.37. The molecule has 2 heterocycles. The standard InChI is InChI=1S/C19H20N2O2/c22-12-13-3-6-15(7-4-13)18-17(2-1-9-20-18)19(23)21-11-14-5-8-16(21)10-14/h1-4,6-7,9,14,16,22H,5,8,10-12H2/t14-,16+/m0/s1. The fourth-order valence-corrected chi connectivity index (χ4v) is 3.90. The number of fused-ring (bicyclic) bond motifs is 2. The number of likely N-dealkylation sites (tertiary alicyclic amines) is 1. The number of aliphatic hydroxyl groups is 1. The lowest BCUT2D eigenvalue weighted by Gasteiger charge is -2.27. The molecule has 1 aromatic carbocycles. The van der Waals surface area contributed by atoms with Crippen LogP contribution in [-0.4, -0.2) is 33.5 Å². The highest BCUT2D eigenvalue weighted by Gasteiger charge is 2.40. The average Bonchev–Trinajstić information content (AvgIpc) is 3.24. The minimum Gasteiger partial charge on any atom is -0.392 e. The normalized spacial score (nSPS) is 22.6. The van der Waals surface area contributed by atoms with E-state index in [9.17, 15) is 4.79 Å². The number of aromatic nitrogens is 1. The quantitative estimate of drug-likeness (QED) is 0.948. The molecule has 1 aromatic heterocycles. The number of rotatable bonds is 3. The van der Waals surface area contributed by atoms with E-state index in [-0.39, 0.29) is 12.5 Å². The van der Waals surface area contributed by atoms with Gasteiger partial charge in [-0.05, 0) is 42.9 Å². The first-order chi connectivity index (χ1) is 11.3. The van der Waals surface area contributed by atoms with Crippen LogP contribution >= 0.6 is 0 Å². The van der Waals surface area contributed by atoms with Gasteiger partial charge < -0.3 is 10.0 Å². The van der Waals surface area contributed by atoms with Gasteiger partial charge in [0.2, 0.25) is 0 Å². The van der Waals surface area contributed by atoms with Crippen LogP contribution in [0.25, 0.3) is 11.3 Å². The summed E-state index contributed by atoms with van der Waals surface area (Å²) in [6, 6.07) is 11.7. The van der Waals surface area contributed by atoms with Gasteiger partial charge in [0, 0.05) is 24.3 Å². The maximum Gasteiger partial charge on any atom is 0.256 e. The van der Waals surface area contributed by atoms with E-state index in [2.05, 4.69) is 4.98 Å². The monoisotopic (exact) mass is 308 g/mol. The smallest absolute Gasteiger partial charge is 0.256 e. The molecule has 1 saturated carbocycles. The number of amides is 1. The van der Waals surface area contributed by atoms with E-state index < -0.39 is 0 Å². The van der Waals surface area contributed by atoms with Crippen LogP contribution < -0.4 is 0 Å². The molecule has 1 N–H and O–H groups in total. The van der Waals surface area contributed by atoms with Crippen LogP contribution in [0.5, 0.6) is 0 Å². The van der Waals surface area contributed by atoms with Crippen LogP contribution in [0, 0.1) is 5.92 Å². The van der Waals surface area contributed by atoms with E-state index in [1.807, 2.05) is 41.3 Å². The molecular formula is C19H20N2O2. The molecule has 118 valence electrons. The molecule has 1 aliphatic heterocycles. The number of carbonyl (C=O) groups excluding carboxylic acids is 1. The Kier molecular flexibility index (Phi) is 3.62. The molecule has 0 radical (unpaired) electrons. The molecule has 1 aliphatic carbocycles. The van der Waals surface area contributed by atoms with E-state index >= 15 is 0 Å². The van der Waals surface area contributed by atoms with Gasteiger partial charge in [-0.1, -0.05) is 24.3 Å². The molecule has 4 heteroatoms. The number of hydrogen-bond acceptors (Lipinski definition) is 3. The Balaban J connectivity index is 1.67. The Labute approximate surface area is 135 Å². The van der Waals surface area contributed by atoms with Crippen LogP contribution in [0.2, 0.25) is 0 Å². The minimum atomic E-state index is 0.0190. The highest BCUT2D eigenvalue weighted by molar-refractivity contribution is 6.00. The summed E-state index contributed by atoms with van der Waals surface area (Å²) in [4.78, 5) is 19.5. The number of pyridine rings is 1. The zero-order valence-corrected chi connectivity index (χ0v) is 13.0. The summed E-state index contributed by atoms with van der Waals surface area (Å²) in [6.45, 7) is 0.909. The predicted octanol–water partition coefficient (Wildman–Crippen LogP) is 2.87. The molecule has 4 nitrogen and oxygen atoms in total. The Bertz CT molecular complexity index is 726. The molecule has 2 bridgehead atoms. The van der Waals surface area contributed by atoms with Gasteiger partial charge in [0.25, 0.3) is 5.91 Å². The van der Waals surface area contributed by atoms with Gasteiger partial charge in [0.15, 0.2) is 0 Å². The van der Waals surface area contributed by atoms with Crippen LogP contribution in [-0.2, 0) is 6.61 Å². The largest absolute Gasteiger partial charge is 0.392 e. The predicted molar refractivity (Wildman–Crippen MR) is 87.8 cm³/mol. The van der Waals surface area contributed by atoms with Gasteiger partial charge in [-0.15, -0.1) is 0 Å². The van der Waals surface area contributed by atoms with Gasteiger partial charge >= 0.3 is 0 Å². The zero-order valence-electron chi connectivity index (χ0n) is 13.0. The molecule has 2 atom stereocenters. The molecule has 2 aliphatic rings. The minimum absolute atomic E-state index is 0.0190. The number of nitrogens with zero attached hydrogens (tertiary/aromatic N) is 2. The van der Waals surface area contributed by atoms with Crippen molar-refractivity contribution in [1.29, 1.82) is 0 Å². The molecule has 0 unspecified atom stereocenters. The molecule has 4 rings (SSSR count). The Hall–Kier alpha value is -2.20. The second kappa shape index (κ2) is 5.78. The number of hydrogen-bond donors (Lipinski definition) is 1. The Morgan fingerprint density at radius 3 is 2.70 bits per heavy atom. The molecular weight excluding hydrogens is 288 g/mol. The van der Waals surface area contributed by atoms with Crippen molar-refractivity contribution in [2.24, 2.45) is 5.92 Å². The summed E-state index contributed by atoms with van der Waals surface area (Å²) < 4.78 is 0. The summed E-state index contributed by atoms with van der Waals surface area (Å²) in [5.41, 5.74) is 3.17. The third kappa shape index (κ3) is 2.53. The lowest BCUT2D eigenvalue weighted by atomic mass is 10.0. The van der Waals surface area contributed by atoms with Crippen molar-refractivity contribution >= 4 is 5.91 Å². The summed E-state index contributed by atoms with van der Waals surface area (Å²) in [6.07, 6.45) is 5.28. The highest BCUT2D eigenvalue weighted by Crippen LogP contribution is 2.38. The van der Waals surface area contributed by atoms with Crippen molar-refractivity contribution in [2.75, 3.05) is 6.54 Å². The highest BCUT2D eigenvalue weighted by atomic mass is 16.3. The molecule has 2 aromatic rings. The van der Waals surface area contributed by atoms with Gasteiger partial charge in [0.1, 0.15) is 0 Å². The van der Waals surface area contributed by atoms with Gasteiger partial charge in [-0.2, -0.15) is 0 Å². The van der Waals surface area contributed by atoms with Gasteiger partial charge in [-0.25, -0.2) is 0 Å². The SMILES string of the molecule is O=C(c1cccnc1-c1ccc(CO)cc1)N1C[C@H]2CC[C@@H]1C2. The molecule has 0 spiro atoms. The number of benzene rings is 1. The third-order valence-corrected chi connectivity index (χ3v) is 5.12. The average molecular weight is 308 g/mol. The van der Waals surface area contributed by atoms with Crippen molar-refractivity contribution in [1.82, 2.24) is 9.88 Å². The van der Waals surface area contributed by atoms with Crippen molar-refractivity contribution < 1.29 is 9.90 Å². The number of aliphatic hydroxyl groups excluding tert-OH is 1. The van der Waals surface area contributed by atoms with Crippen molar-refractivity contribution in [3.8, 4) is 11.3 Å². The van der Waals surface area contributed by atoms with E-state index in [0.29, 0.717) is 17.5 Å². The fourth-order valence-electron chi connectivity index (χ4n) is 3.90. The first-order valence-corrected chi connectivity index (χ1v) is 8.22. The van der Waals surface area contributed by atoms with Crippen molar-refractivity contribution in [2.45, 2.75) is 31.9 Å². The number of piperidine rings is 1. The molecule has 23 heavy (non-hydrogen) atoms. The summed E-state index contributed by atoms with van der Waals surface area (Å²) >= 11 is 0. The second-order valence-electron chi connectivity index (χ2n) is 6.55. The topological polar surface area (TPSA) is 53.4 Å². The lowest BCUT2D eigenvalue weighted by molar-refractivity contribution is 0.0704. The van der Waals surface area contributed by atoms with Gasteiger partial charge in [-0.3, -0.25) is 9.78 Å². The van der Waals surface area contributed by atoms with E-state index in [1.165, 1.54) is 6.42 Å². The third-order valence-electron chi connectivity index (χ3n) is 5.12. The van der Waals surface area contributed by atoms with E-state index in [4.69, 9.17) is 5.11 Å². The second-order valence-corrected chi connectivity index (χ2v) is 6.55. The molecule has 1 saturated heterocycles. The Morgan fingerprint density at radius 1 is 1.22 bits per heavy atom. The summed E-state index contributed by atoms with van der Waals surface area (Å²) in [7, 11) is 0. The molecule has 1 amide bonds. The first kappa shape index (κ1) is 14.4. The van der Waals surface area contributed by atoms with E-state index in [0.717, 1.165) is 36.2 Å². The number of carbonyl (C=O) groups is 1. The summed E-state index contributed by atoms with van der Waals surface area (Å²) in [5, 5.41) is 9.17. The van der Waals surface area contributed by atoms with Crippen molar-refractivity contribution in [3.05, 3.63) is 53.7 Å². The van der Waals surface area contributed by atoms with Crippen LogP contribution in [0.1, 0.15) is 35.2 Å². The maximum absolute atomic E-state index is 13.0. The van der Waals surface area contributed by atoms with Crippen LogP contribution in [0.4, 0.5) is 0 Å². The Morgan fingerprint density at radius 2 is 2.04 bits per heavy atom. The first-order valence-electron chi connectivity index (χ1n) is 8.22. The summed E-state index contributed by atoms with van der Waals surface area (Å²) in [5.74, 6) is 0.791. The molecule has 2 fully saturated rings. The van der Waals surface area contributed by atoms with Crippen LogP contribution in [0.3, 0.4) is 0 Å².